The summed E-state index contributed by atoms with van der Waals surface area (Å²) in [6.07, 6.45) is 0. The molecular weight excluding hydrogens is 246 g/mol. The summed E-state index contributed by atoms with van der Waals surface area (Å²) in [6, 6.07) is 13.5. The molecule has 2 aromatic rings. The predicted molar refractivity (Wildman–Crippen MR) is 79.9 cm³/mol. The molecule has 0 amide bonds. The van der Waals surface area contributed by atoms with E-state index in [2.05, 4.69) is 5.32 Å². The molecule has 0 radical (unpaired) electrons. The Balaban J connectivity index is 2.24. The van der Waals surface area contributed by atoms with Crippen molar-refractivity contribution in [3.63, 3.8) is 0 Å². The largest absolute Gasteiger partial charge is 0.397 e. The summed E-state index contributed by atoms with van der Waals surface area (Å²) in [5, 5.41) is 3.85. The quantitative estimate of drug-likeness (QED) is 0.827. The number of nitrogens with one attached hydrogen (secondary N) is 1. The van der Waals surface area contributed by atoms with E-state index in [0.717, 1.165) is 17.1 Å². The van der Waals surface area contributed by atoms with Crippen LogP contribution in [0.3, 0.4) is 0 Å². The van der Waals surface area contributed by atoms with Crippen molar-refractivity contribution in [3.8, 4) is 0 Å². The number of nitrogens with two attached hydrogens (primary N) is 1. The second kappa shape index (κ2) is 5.19. The van der Waals surface area contributed by atoms with Crippen molar-refractivity contribution in [3.05, 3.63) is 47.5 Å². The van der Waals surface area contributed by atoms with Crippen LogP contribution in [0.15, 0.2) is 42.5 Å². The Hall–Kier alpha value is -1.87. The second-order valence-electron chi connectivity index (χ2n) is 4.27. The summed E-state index contributed by atoms with van der Waals surface area (Å²) < 4.78 is 0. The minimum atomic E-state index is 0.617. The lowest BCUT2D eigenvalue weighted by Gasteiger charge is -2.14. The van der Waals surface area contributed by atoms with Crippen LogP contribution in [0, 0.1) is 0 Å². The zero-order chi connectivity index (χ0) is 13.1. The maximum absolute atomic E-state index is 6.11. The van der Waals surface area contributed by atoms with E-state index in [0.29, 0.717) is 10.7 Å². The number of anilines is 4. The maximum Gasteiger partial charge on any atom is 0.0807 e. The number of halogens is 1. The molecule has 18 heavy (non-hydrogen) atoms. The average Bonchev–Trinajstić information content (AvgIpc) is 2.34. The van der Waals surface area contributed by atoms with Gasteiger partial charge in [-0.3, -0.25) is 0 Å². The molecule has 0 saturated heterocycles. The molecule has 2 rings (SSSR count). The van der Waals surface area contributed by atoms with Crippen LogP contribution in [0.1, 0.15) is 0 Å². The molecule has 94 valence electrons. The Labute approximate surface area is 112 Å². The fourth-order valence-corrected chi connectivity index (χ4v) is 1.89. The van der Waals surface area contributed by atoms with Crippen LogP contribution >= 0.6 is 11.6 Å². The van der Waals surface area contributed by atoms with E-state index in [4.69, 9.17) is 17.3 Å². The van der Waals surface area contributed by atoms with Gasteiger partial charge in [-0.1, -0.05) is 17.7 Å². The van der Waals surface area contributed by atoms with Gasteiger partial charge in [-0.05, 0) is 36.4 Å². The third-order valence-corrected chi connectivity index (χ3v) is 3.01. The highest BCUT2D eigenvalue weighted by molar-refractivity contribution is 6.34. The zero-order valence-corrected chi connectivity index (χ0v) is 11.2. The molecule has 0 aliphatic carbocycles. The van der Waals surface area contributed by atoms with Crippen LogP contribution in [0.2, 0.25) is 5.02 Å². The summed E-state index contributed by atoms with van der Waals surface area (Å²) in [7, 11) is 4.02. The number of benzene rings is 2. The fraction of sp³-hybridized carbons (Fsp3) is 0.143. The van der Waals surface area contributed by atoms with Gasteiger partial charge in [0.15, 0.2) is 0 Å². The molecule has 0 aliphatic rings. The van der Waals surface area contributed by atoms with Gasteiger partial charge >= 0.3 is 0 Å². The highest BCUT2D eigenvalue weighted by Gasteiger charge is 2.04. The molecule has 0 aromatic heterocycles. The number of hydrogen-bond donors (Lipinski definition) is 2. The zero-order valence-electron chi connectivity index (χ0n) is 10.4. The van der Waals surface area contributed by atoms with Crippen LogP contribution < -0.4 is 16.0 Å². The van der Waals surface area contributed by atoms with Gasteiger partial charge < -0.3 is 16.0 Å². The van der Waals surface area contributed by atoms with Crippen LogP contribution in [-0.2, 0) is 0 Å². The SMILES string of the molecule is CN(C)c1ccc(Nc2c(N)cccc2Cl)cc1. The molecule has 3 N–H and O–H groups in total. The summed E-state index contributed by atoms with van der Waals surface area (Å²) in [6.45, 7) is 0. The Morgan fingerprint density at radius 1 is 1.06 bits per heavy atom. The van der Waals surface area contributed by atoms with E-state index >= 15 is 0 Å². The minimum absolute atomic E-state index is 0.617. The molecule has 0 saturated carbocycles. The minimum Gasteiger partial charge on any atom is -0.397 e. The van der Waals surface area contributed by atoms with Crippen LogP contribution in [0.5, 0.6) is 0 Å². The number of nitrogens with zero attached hydrogens (tertiary/aromatic N) is 1. The first-order valence-electron chi connectivity index (χ1n) is 5.66. The van der Waals surface area contributed by atoms with Gasteiger partial charge in [0.2, 0.25) is 0 Å². The molecule has 0 spiro atoms. The van der Waals surface area contributed by atoms with Crippen molar-refractivity contribution in [2.24, 2.45) is 0 Å². The first kappa shape index (κ1) is 12.6. The van der Waals surface area contributed by atoms with Gasteiger partial charge in [0.1, 0.15) is 0 Å². The van der Waals surface area contributed by atoms with Gasteiger partial charge in [0.25, 0.3) is 0 Å². The highest BCUT2D eigenvalue weighted by atomic mass is 35.5. The molecule has 2 aromatic carbocycles. The van der Waals surface area contributed by atoms with Crippen molar-refractivity contribution in [2.45, 2.75) is 0 Å². The van der Waals surface area contributed by atoms with Crippen molar-refractivity contribution < 1.29 is 0 Å². The average molecular weight is 262 g/mol. The predicted octanol–water partition coefficient (Wildman–Crippen LogP) is 3.73. The maximum atomic E-state index is 6.11. The van der Waals surface area contributed by atoms with E-state index < -0.39 is 0 Å². The summed E-state index contributed by atoms with van der Waals surface area (Å²) in [5.74, 6) is 0. The van der Waals surface area contributed by atoms with Crippen molar-refractivity contribution in [1.82, 2.24) is 0 Å². The molecule has 0 atom stereocenters. The first-order chi connectivity index (χ1) is 8.58. The number of rotatable bonds is 3. The smallest absolute Gasteiger partial charge is 0.0807 e. The van der Waals surface area contributed by atoms with E-state index in [1.807, 2.05) is 61.5 Å². The Morgan fingerprint density at radius 3 is 2.28 bits per heavy atom. The lowest BCUT2D eigenvalue weighted by atomic mass is 10.2. The molecule has 0 aliphatic heterocycles. The van der Waals surface area contributed by atoms with Gasteiger partial charge in [0, 0.05) is 25.5 Å². The van der Waals surface area contributed by atoms with Crippen LogP contribution in [0.4, 0.5) is 22.7 Å². The molecule has 3 nitrogen and oxygen atoms in total. The van der Waals surface area contributed by atoms with Crippen molar-refractivity contribution in [1.29, 1.82) is 0 Å². The van der Waals surface area contributed by atoms with Gasteiger partial charge in [0.05, 0.1) is 16.4 Å². The number of hydrogen-bond acceptors (Lipinski definition) is 3. The van der Waals surface area contributed by atoms with Crippen LogP contribution in [-0.4, -0.2) is 14.1 Å². The van der Waals surface area contributed by atoms with E-state index in [9.17, 15) is 0 Å². The molecule has 0 fully saturated rings. The Morgan fingerprint density at radius 2 is 1.72 bits per heavy atom. The van der Waals surface area contributed by atoms with Crippen molar-refractivity contribution >= 4 is 34.4 Å². The molecule has 4 heteroatoms. The Bertz CT molecular complexity index is 515. The molecule has 0 unspecified atom stereocenters. The topological polar surface area (TPSA) is 41.3 Å². The number of nitrogen functional groups attached to an aromatic ring is 1. The number of para-hydroxylation sites is 1. The second-order valence-corrected chi connectivity index (χ2v) is 4.68. The lowest BCUT2D eigenvalue weighted by Crippen LogP contribution is -2.08. The van der Waals surface area contributed by atoms with Crippen molar-refractivity contribution in [2.75, 3.05) is 30.0 Å². The molecule has 0 bridgehead atoms. The highest BCUT2D eigenvalue weighted by Crippen LogP contribution is 2.31. The van der Waals surface area contributed by atoms with Gasteiger partial charge in [-0.15, -0.1) is 0 Å². The monoisotopic (exact) mass is 261 g/mol. The van der Waals surface area contributed by atoms with Gasteiger partial charge in [-0.2, -0.15) is 0 Å². The lowest BCUT2D eigenvalue weighted by molar-refractivity contribution is 1.13. The third kappa shape index (κ3) is 2.68. The normalized spacial score (nSPS) is 10.2. The fourth-order valence-electron chi connectivity index (χ4n) is 1.66. The summed E-state index contributed by atoms with van der Waals surface area (Å²) >= 11 is 6.11. The first-order valence-corrected chi connectivity index (χ1v) is 6.04. The summed E-state index contributed by atoms with van der Waals surface area (Å²) in [5.41, 5.74) is 9.38. The van der Waals surface area contributed by atoms with Gasteiger partial charge in [-0.25, -0.2) is 0 Å². The van der Waals surface area contributed by atoms with E-state index in [1.54, 1.807) is 0 Å². The summed E-state index contributed by atoms with van der Waals surface area (Å²) in [4.78, 5) is 2.05. The standard InChI is InChI=1S/C14H16ClN3/c1-18(2)11-8-6-10(7-9-11)17-14-12(15)4-3-5-13(14)16/h3-9,17H,16H2,1-2H3. The Kier molecular flexibility index (Phi) is 3.63. The molecular formula is C14H16ClN3. The molecule has 0 heterocycles. The third-order valence-electron chi connectivity index (χ3n) is 2.70. The van der Waals surface area contributed by atoms with Crippen LogP contribution in [0.25, 0.3) is 0 Å². The van der Waals surface area contributed by atoms with E-state index in [-0.39, 0.29) is 0 Å². The van der Waals surface area contributed by atoms with E-state index in [1.165, 1.54) is 0 Å².